The van der Waals surface area contributed by atoms with Crippen molar-refractivity contribution in [2.75, 3.05) is 7.11 Å². The predicted octanol–water partition coefficient (Wildman–Crippen LogP) is 4.44. The number of carbonyl (C=O) groups is 2. The van der Waals surface area contributed by atoms with E-state index in [2.05, 4.69) is 14.9 Å². The van der Waals surface area contributed by atoms with Crippen LogP contribution in [0.5, 0.6) is 0 Å². The van der Waals surface area contributed by atoms with Gasteiger partial charge in [0.2, 0.25) is 0 Å². The van der Waals surface area contributed by atoms with Crippen LogP contribution in [0.25, 0.3) is 5.65 Å². The fraction of sp³-hybridized carbons (Fsp3) is 0.167. The zero-order chi connectivity index (χ0) is 22.4. The van der Waals surface area contributed by atoms with Crippen LogP contribution in [0.1, 0.15) is 44.6 Å². The number of hydrogen-bond acceptors (Lipinski definition) is 5. The predicted molar refractivity (Wildman–Crippen MR) is 115 cm³/mol. The molecule has 0 bridgehead atoms. The highest BCUT2D eigenvalue weighted by molar-refractivity contribution is 6.09. The summed E-state index contributed by atoms with van der Waals surface area (Å²) in [6, 6.07) is 16.8. The number of aromatic nitrogens is 3. The molecule has 0 amide bonds. The first-order chi connectivity index (χ1) is 14.9. The lowest BCUT2D eigenvalue weighted by molar-refractivity contribution is 0.0600. The van der Waals surface area contributed by atoms with Crippen molar-refractivity contribution in [1.82, 2.24) is 14.6 Å². The minimum absolute atomic E-state index is 0.0751. The van der Waals surface area contributed by atoms with Crippen molar-refractivity contribution in [3.63, 3.8) is 0 Å². The largest absolute Gasteiger partial charge is 0.465 e. The van der Waals surface area contributed by atoms with Gasteiger partial charge in [0.05, 0.1) is 18.2 Å². The molecule has 6 nitrogen and oxygen atoms in total. The molecule has 0 N–H and O–H groups in total. The highest BCUT2D eigenvalue weighted by atomic mass is 19.1. The molecule has 0 aliphatic heterocycles. The Morgan fingerprint density at radius 1 is 1.00 bits per heavy atom. The van der Waals surface area contributed by atoms with Crippen molar-refractivity contribution in [3.8, 4) is 0 Å². The Morgan fingerprint density at radius 2 is 1.74 bits per heavy atom. The van der Waals surface area contributed by atoms with Gasteiger partial charge in [-0.2, -0.15) is 0 Å². The van der Waals surface area contributed by atoms with Crippen LogP contribution in [-0.4, -0.2) is 33.5 Å². The van der Waals surface area contributed by atoms with E-state index in [0.717, 1.165) is 11.4 Å². The molecule has 0 aliphatic carbocycles. The van der Waals surface area contributed by atoms with E-state index in [1.165, 1.54) is 19.2 Å². The summed E-state index contributed by atoms with van der Waals surface area (Å²) < 4.78 is 20.2. The molecule has 0 spiro atoms. The van der Waals surface area contributed by atoms with E-state index in [4.69, 9.17) is 0 Å². The molecule has 0 unspecified atom stereocenters. The van der Waals surface area contributed by atoms with Crippen LogP contribution < -0.4 is 0 Å². The van der Waals surface area contributed by atoms with Gasteiger partial charge in [-0.25, -0.2) is 9.18 Å². The van der Waals surface area contributed by atoms with E-state index < -0.39 is 5.82 Å². The summed E-state index contributed by atoms with van der Waals surface area (Å²) >= 11 is 0. The molecule has 2 aromatic heterocycles. The highest BCUT2D eigenvalue weighted by Gasteiger charge is 2.15. The maximum absolute atomic E-state index is 13.9. The van der Waals surface area contributed by atoms with Crippen LogP contribution in [0, 0.1) is 12.7 Å². The van der Waals surface area contributed by atoms with Crippen molar-refractivity contribution in [2.24, 2.45) is 0 Å². The monoisotopic (exact) mass is 419 g/mol. The van der Waals surface area contributed by atoms with Gasteiger partial charge in [-0.15, -0.1) is 10.2 Å². The standard InChI is InChI=1S/C16H14FN3O.C8H8O2/c1-3-14-18-19-15-7-5-11(9-20(14)15)16(21)12-6-4-10(2)8-13(12)17;1-10-8(9)7-5-3-2-4-6-7/h4-9H,3H2,1-2H3;2-6H,1H3. The van der Waals surface area contributed by atoms with Gasteiger partial charge in [-0.1, -0.05) is 31.2 Å². The number of carbonyl (C=O) groups excluding carboxylic acids is 2. The maximum atomic E-state index is 13.9. The molecule has 0 fully saturated rings. The van der Waals surface area contributed by atoms with Crippen LogP contribution in [0.4, 0.5) is 4.39 Å². The molecule has 0 atom stereocenters. The molecular formula is C24H22FN3O3. The fourth-order valence-corrected chi connectivity index (χ4v) is 2.97. The van der Waals surface area contributed by atoms with Gasteiger partial charge in [0.15, 0.2) is 11.4 Å². The first kappa shape index (κ1) is 21.8. The van der Waals surface area contributed by atoms with Gasteiger partial charge in [0.1, 0.15) is 11.6 Å². The molecular weight excluding hydrogens is 397 g/mol. The summed E-state index contributed by atoms with van der Waals surface area (Å²) in [5.74, 6) is -0.366. The van der Waals surface area contributed by atoms with E-state index in [-0.39, 0.29) is 17.3 Å². The number of fused-ring (bicyclic) bond motifs is 1. The third kappa shape index (κ3) is 5.01. The van der Waals surface area contributed by atoms with Crippen LogP contribution in [-0.2, 0) is 11.2 Å². The second kappa shape index (κ2) is 9.75. The molecule has 2 aromatic carbocycles. The molecule has 0 saturated carbocycles. The molecule has 0 radical (unpaired) electrons. The number of esters is 1. The average Bonchev–Trinajstić information content (AvgIpc) is 3.21. The summed E-state index contributed by atoms with van der Waals surface area (Å²) in [6.07, 6.45) is 2.37. The molecule has 4 rings (SSSR count). The summed E-state index contributed by atoms with van der Waals surface area (Å²) in [5.41, 5.74) is 2.54. The Morgan fingerprint density at radius 3 is 2.39 bits per heavy atom. The normalized spacial score (nSPS) is 10.3. The van der Waals surface area contributed by atoms with Crippen LogP contribution in [0.2, 0.25) is 0 Å². The number of pyridine rings is 1. The maximum Gasteiger partial charge on any atom is 0.337 e. The van der Waals surface area contributed by atoms with Gasteiger partial charge in [-0.3, -0.25) is 9.20 Å². The smallest absolute Gasteiger partial charge is 0.337 e. The van der Waals surface area contributed by atoms with Gasteiger partial charge in [0.25, 0.3) is 0 Å². The Balaban J connectivity index is 0.000000229. The van der Waals surface area contributed by atoms with Gasteiger partial charge in [0, 0.05) is 18.2 Å². The lowest BCUT2D eigenvalue weighted by atomic mass is 10.0. The Bertz CT molecular complexity index is 1220. The Hall–Kier alpha value is -3.87. The van der Waals surface area contributed by atoms with Crippen molar-refractivity contribution in [2.45, 2.75) is 20.3 Å². The van der Waals surface area contributed by atoms with E-state index in [1.807, 2.05) is 13.0 Å². The number of aryl methyl sites for hydroxylation is 2. The van der Waals surface area contributed by atoms with Crippen LogP contribution in [0.3, 0.4) is 0 Å². The summed E-state index contributed by atoms with van der Waals surface area (Å²) in [5, 5.41) is 8.06. The minimum atomic E-state index is -0.500. The third-order valence-corrected chi connectivity index (χ3v) is 4.62. The average molecular weight is 419 g/mol. The molecule has 2 heterocycles. The highest BCUT2D eigenvalue weighted by Crippen LogP contribution is 2.16. The number of methoxy groups -OCH3 is 1. The van der Waals surface area contributed by atoms with E-state index >= 15 is 0 Å². The number of rotatable bonds is 4. The Labute approximate surface area is 179 Å². The third-order valence-electron chi connectivity index (χ3n) is 4.62. The van der Waals surface area contributed by atoms with E-state index in [1.54, 1.807) is 60.0 Å². The molecule has 0 aliphatic rings. The first-order valence-corrected chi connectivity index (χ1v) is 9.72. The van der Waals surface area contributed by atoms with Crippen molar-refractivity contribution in [3.05, 3.63) is 101 Å². The zero-order valence-corrected chi connectivity index (χ0v) is 17.5. The number of ether oxygens (including phenoxy) is 1. The van der Waals surface area contributed by atoms with Crippen molar-refractivity contribution in [1.29, 1.82) is 0 Å². The number of benzene rings is 2. The van der Waals surface area contributed by atoms with Crippen molar-refractivity contribution < 1.29 is 18.7 Å². The Kier molecular flexibility index (Phi) is 6.87. The molecule has 158 valence electrons. The van der Waals surface area contributed by atoms with Crippen LogP contribution >= 0.6 is 0 Å². The minimum Gasteiger partial charge on any atom is -0.465 e. The molecule has 7 heteroatoms. The number of hydrogen-bond donors (Lipinski definition) is 0. The number of ketones is 1. The van der Waals surface area contributed by atoms with Crippen molar-refractivity contribution >= 4 is 17.4 Å². The lowest BCUT2D eigenvalue weighted by Crippen LogP contribution is -2.06. The van der Waals surface area contributed by atoms with Crippen LogP contribution in [0.15, 0.2) is 66.9 Å². The zero-order valence-electron chi connectivity index (χ0n) is 17.5. The number of halogens is 1. The first-order valence-electron chi connectivity index (χ1n) is 9.72. The van der Waals surface area contributed by atoms with E-state index in [0.29, 0.717) is 23.2 Å². The van der Waals surface area contributed by atoms with Gasteiger partial charge < -0.3 is 4.74 Å². The molecule has 31 heavy (non-hydrogen) atoms. The number of nitrogens with zero attached hydrogens (tertiary/aromatic N) is 3. The topological polar surface area (TPSA) is 73.6 Å². The fourth-order valence-electron chi connectivity index (χ4n) is 2.97. The summed E-state index contributed by atoms with van der Waals surface area (Å²) in [6.45, 7) is 3.75. The van der Waals surface area contributed by atoms with Gasteiger partial charge in [-0.05, 0) is 48.9 Å². The summed E-state index contributed by atoms with van der Waals surface area (Å²) in [4.78, 5) is 23.2. The second-order valence-corrected chi connectivity index (χ2v) is 6.79. The second-order valence-electron chi connectivity index (χ2n) is 6.79. The summed E-state index contributed by atoms with van der Waals surface area (Å²) in [7, 11) is 1.37. The van der Waals surface area contributed by atoms with E-state index in [9.17, 15) is 14.0 Å². The quantitative estimate of drug-likeness (QED) is 0.361. The molecule has 4 aromatic rings. The van der Waals surface area contributed by atoms with Gasteiger partial charge >= 0.3 is 5.97 Å². The molecule has 0 saturated heterocycles. The lowest BCUT2D eigenvalue weighted by Gasteiger charge is -2.05. The SMILES string of the molecule is CCc1nnc2ccc(C(=O)c3ccc(C)cc3F)cn12.COC(=O)c1ccccc1.